The lowest BCUT2D eigenvalue weighted by Gasteiger charge is -2.19. The molecule has 1 unspecified atom stereocenters. The van der Waals surface area contributed by atoms with Crippen molar-refractivity contribution in [2.75, 3.05) is 14.2 Å². The van der Waals surface area contributed by atoms with Crippen molar-refractivity contribution >= 4 is 0 Å². The average Bonchev–Trinajstić information content (AvgIpc) is 2.76. The predicted molar refractivity (Wildman–Crippen MR) is 76.5 cm³/mol. The first-order valence-electron chi connectivity index (χ1n) is 6.45. The highest BCUT2D eigenvalue weighted by molar-refractivity contribution is 5.30. The van der Waals surface area contributed by atoms with Crippen LogP contribution in [0.3, 0.4) is 0 Å². The van der Waals surface area contributed by atoms with E-state index in [9.17, 15) is 0 Å². The van der Waals surface area contributed by atoms with Gasteiger partial charge in [0.1, 0.15) is 5.75 Å². The summed E-state index contributed by atoms with van der Waals surface area (Å²) in [5.74, 6) is 0.885. The van der Waals surface area contributed by atoms with E-state index in [2.05, 4.69) is 33.9 Å². The van der Waals surface area contributed by atoms with E-state index in [0.29, 0.717) is 0 Å². The number of nitrogens with zero attached hydrogens (tertiary/aromatic N) is 2. The number of hydrogen-bond donors (Lipinski definition) is 1. The zero-order valence-corrected chi connectivity index (χ0v) is 12.0. The minimum Gasteiger partial charge on any atom is -0.497 e. The maximum absolute atomic E-state index is 5.28. The van der Waals surface area contributed by atoms with Gasteiger partial charge in [-0.25, -0.2) is 4.98 Å². The molecule has 0 aliphatic heterocycles. The number of methoxy groups -OCH3 is 1. The van der Waals surface area contributed by atoms with Crippen molar-refractivity contribution in [2.24, 2.45) is 0 Å². The fraction of sp³-hybridized carbons (Fsp3) is 0.400. The van der Waals surface area contributed by atoms with E-state index in [1.54, 1.807) is 7.11 Å². The van der Waals surface area contributed by atoms with Gasteiger partial charge in [0.2, 0.25) is 0 Å². The molecule has 0 bridgehead atoms. The van der Waals surface area contributed by atoms with Gasteiger partial charge in [-0.2, -0.15) is 0 Å². The summed E-state index contributed by atoms with van der Waals surface area (Å²) in [5, 5.41) is 3.35. The second kappa shape index (κ2) is 5.89. The molecule has 2 aromatic rings. The molecular weight excluding hydrogens is 238 g/mol. The zero-order valence-electron chi connectivity index (χ0n) is 12.0. The van der Waals surface area contributed by atoms with Crippen molar-refractivity contribution in [1.82, 2.24) is 14.9 Å². The first-order chi connectivity index (χ1) is 9.15. The SMILES string of the molecule is CNC(Cn1cnc(C)c1C)c1cccc(OC)c1. The van der Waals surface area contributed by atoms with Crippen LogP contribution in [0.15, 0.2) is 30.6 Å². The van der Waals surface area contributed by atoms with Crippen LogP contribution < -0.4 is 10.1 Å². The van der Waals surface area contributed by atoms with Gasteiger partial charge >= 0.3 is 0 Å². The van der Waals surface area contributed by atoms with Crippen molar-refractivity contribution < 1.29 is 4.74 Å². The van der Waals surface area contributed by atoms with Crippen LogP contribution in [0.2, 0.25) is 0 Å². The van der Waals surface area contributed by atoms with E-state index in [1.165, 1.54) is 11.3 Å². The van der Waals surface area contributed by atoms with E-state index in [0.717, 1.165) is 18.0 Å². The Labute approximate surface area is 114 Å². The topological polar surface area (TPSA) is 39.1 Å². The molecule has 19 heavy (non-hydrogen) atoms. The Balaban J connectivity index is 2.22. The summed E-state index contributed by atoms with van der Waals surface area (Å²) in [6, 6.07) is 8.40. The monoisotopic (exact) mass is 259 g/mol. The molecule has 2 rings (SSSR count). The van der Waals surface area contributed by atoms with Crippen LogP contribution in [-0.2, 0) is 6.54 Å². The zero-order chi connectivity index (χ0) is 13.8. The van der Waals surface area contributed by atoms with Crippen LogP contribution in [0.1, 0.15) is 23.0 Å². The first-order valence-corrected chi connectivity index (χ1v) is 6.45. The minimum atomic E-state index is 0.238. The number of ether oxygens (including phenoxy) is 1. The fourth-order valence-corrected chi connectivity index (χ4v) is 2.15. The number of hydrogen-bond acceptors (Lipinski definition) is 3. The summed E-state index contributed by atoms with van der Waals surface area (Å²) in [6.45, 7) is 4.99. The standard InChI is InChI=1S/C15H21N3O/c1-11-12(2)18(10-17-11)9-15(16-3)13-6-5-7-14(8-13)19-4/h5-8,10,15-16H,9H2,1-4H3. The molecule has 1 N–H and O–H groups in total. The molecule has 4 nitrogen and oxygen atoms in total. The van der Waals surface area contributed by atoms with Crippen LogP contribution in [0, 0.1) is 13.8 Å². The molecule has 0 spiro atoms. The van der Waals surface area contributed by atoms with Gasteiger partial charge in [0.15, 0.2) is 0 Å². The number of nitrogens with one attached hydrogen (secondary N) is 1. The maximum Gasteiger partial charge on any atom is 0.119 e. The summed E-state index contributed by atoms with van der Waals surface area (Å²) in [7, 11) is 3.67. The molecule has 4 heteroatoms. The van der Waals surface area contributed by atoms with Crippen molar-refractivity contribution in [3.05, 3.63) is 47.5 Å². The summed E-state index contributed by atoms with van der Waals surface area (Å²) in [6.07, 6.45) is 1.90. The maximum atomic E-state index is 5.28. The van der Waals surface area contributed by atoms with E-state index in [-0.39, 0.29) is 6.04 Å². The van der Waals surface area contributed by atoms with Crippen molar-refractivity contribution in [2.45, 2.75) is 26.4 Å². The first kappa shape index (κ1) is 13.6. The van der Waals surface area contributed by atoms with E-state index >= 15 is 0 Å². The smallest absolute Gasteiger partial charge is 0.119 e. The molecular formula is C15H21N3O. The summed E-state index contributed by atoms with van der Waals surface area (Å²) in [5.41, 5.74) is 3.51. The number of likely N-dealkylation sites (N-methyl/N-ethyl adjacent to an activating group) is 1. The number of rotatable bonds is 5. The second-order valence-electron chi connectivity index (χ2n) is 4.69. The van der Waals surface area contributed by atoms with Gasteiger partial charge < -0.3 is 14.6 Å². The number of aryl methyl sites for hydroxylation is 1. The van der Waals surface area contributed by atoms with Crippen molar-refractivity contribution in [3.8, 4) is 5.75 Å². The van der Waals surface area contributed by atoms with Gasteiger partial charge in [0.25, 0.3) is 0 Å². The molecule has 1 atom stereocenters. The van der Waals surface area contributed by atoms with Gasteiger partial charge in [-0.3, -0.25) is 0 Å². The van der Waals surface area contributed by atoms with Crippen LogP contribution in [-0.4, -0.2) is 23.7 Å². The minimum absolute atomic E-state index is 0.238. The summed E-state index contributed by atoms with van der Waals surface area (Å²) >= 11 is 0. The molecule has 1 heterocycles. The van der Waals surface area contributed by atoms with E-state index in [1.807, 2.05) is 32.4 Å². The lowest BCUT2D eigenvalue weighted by Crippen LogP contribution is -2.22. The Hall–Kier alpha value is -1.81. The van der Waals surface area contributed by atoms with E-state index < -0.39 is 0 Å². The Morgan fingerprint density at radius 3 is 2.74 bits per heavy atom. The normalized spacial score (nSPS) is 12.4. The third-order valence-corrected chi connectivity index (χ3v) is 3.57. The molecule has 1 aromatic carbocycles. The Morgan fingerprint density at radius 1 is 1.37 bits per heavy atom. The van der Waals surface area contributed by atoms with Gasteiger partial charge in [0, 0.05) is 12.2 Å². The number of imidazole rings is 1. The molecule has 0 saturated heterocycles. The number of aromatic nitrogens is 2. The Morgan fingerprint density at radius 2 is 2.16 bits per heavy atom. The molecule has 102 valence electrons. The lowest BCUT2D eigenvalue weighted by molar-refractivity contribution is 0.412. The molecule has 0 radical (unpaired) electrons. The fourth-order valence-electron chi connectivity index (χ4n) is 2.15. The summed E-state index contributed by atoms with van der Waals surface area (Å²) < 4.78 is 7.46. The summed E-state index contributed by atoms with van der Waals surface area (Å²) in [4.78, 5) is 4.34. The molecule has 0 fully saturated rings. The van der Waals surface area contributed by atoms with E-state index in [4.69, 9.17) is 4.74 Å². The van der Waals surface area contributed by atoms with Gasteiger partial charge in [-0.1, -0.05) is 12.1 Å². The van der Waals surface area contributed by atoms with Gasteiger partial charge in [-0.05, 0) is 38.6 Å². The highest BCUT2D eigenvalue weighted by atomic mass is 16.5. The quantitative estimate of drug-likeness (QED) is 0.896. The van der Waals surface area contributed by atoms with Crippen LogP contribution in [0.25, 0.3) is 0 Å². The molecule has 0 aliphatic rings. The largest absolute Gasteiger partial charge is 0.497 e. The van der Waals surface area contributed by atoms with Crippen LogP contribution >= 0.6 is 0 Å². The average molecular weight is 259 g/mol. The third kappa shape index (κ3) is 2.96. The van der Waals surface area contributed by atoms with Gasteiger partial charge in [0.05, 0.1) is 25.2 Å². The molecule has 1 aromatic heterocycles. The highest BCUT2D eigenvalue weighted by Crippen LogP contribution is 2.21. The predicted octanol–water partition coefficient (Wildman–Crippen LogP) is 2.47. The Kier molecular flexibility index (Phi) is 4.22. The third-order valence-electron chi connectivity index (χ3n) is 3.57. The van der Waals surface area contributed by atoms with Gasteiger partial charge in [-0.15, -0.1) is 0 Å². The Bertz CT molecular complexity index is 548. The van der Waals surface area contributed by atoms with Crippen molar-refractivity contribution in [3.63, 3.8) is 0 Å². The highest BCUT2D eigenvalue weighted by Gasteiger charge is 2.12. The molecule has 0 amide bonds. The molecule has 0 aliphatic carbocycles. The van der Waals surface area contributed by atoms with Crippen LogP contribution in [0.5, 0.6) is 5.75 Å². The number of benzene rings is 1. The second-order valence-corrected chi connectivity index (χ2v) is 4.69. The lowest BCUT2D eigenvalue weighted by atomic mass is 10.1. The molecule has 0 saturated carbocycles. The van der Waals surface area contributed by atoms with Crippen LogP contribution in [0.4, 0.5) is 0 Å². The van der Waals surface area contributed by atoms with Crippen molar-refractivity contribution in [1.29, 1.82) is 0 Å².